The lowest BCUT2D eigenvalue weighted by molar-refractivity contribution is -0.153. The number of nitrogens with zero attached hydrogens (tertiary/aromatic N) is 1. The standard InChI is InChI=1S/C16H21F3N2O2/c1-21(10-13-7-8-23-11-13)15(22)20-14(16(17,18)19)9-12-5-3-2-4-6-12/h2-6,13-14H,7-11H2,1H3,(H,20,22)/t13-,14-/m1/s1. The van der Waals surface area contributed by atoms with Crippen molar-refractivity contribution < 1.29 is 22.7 Å². The highest BCUT2D eigenvalue weighted by Crippen LogP contribution is 2.23. The molecule has 2 rings (SSSR count). The van der Waals surface area contributed by atoms with Gasteiger partial charge in [-0.1, -0.05) is 30.3 Å². The Labute approximate surface area is 133 Å². The predicted octanol–water partition coefficient (Wildman–Crippen LogP) is 2.84. The zero-order valence-corrected chi connectivity index (χ0v) is 13.0. The number of alkyl halides is 3. The van der Waals surface area contributed by atoms with E-state index in [1.165, 1.54) is 11.9 Å². The van der Waals surface area contributed by atoms with Gasteiger partial charge >= 0.3 is 12.2 Å². The Morgan fingerprint density at radius 1 is 1.39 bits per heavy atom. The van der Waals surface area contributed by atoms with Crippen molar-refractivity contribution in [1.29, 1.82) is 0 Å². The van der Waals surface area contributed by atoms with Crippen LogP contribution < -0.4 is 5.32 Å². The third-order valence-corrected chi connectivity index (χ3v) is 3.88. The lowest BCUT2D eigenvalue weighted by Crippen LogP contribution is -2.51. The Balaban J connectivity index is 1.95. The maximum Gasteiger partial charge on any atom is 0.408 e. The molecule has 0 radical (unpaired) electrons. The second-order valence-corrected chi connectivity index (χ2v) is 5.84. The van der Waals surface area contributed by atoms with Crippen LogP contribution in [0.4, 0.5) is 18.0 Å². The van der Waals surface area contributed by atoms with Crippen LogP contribution in [0.15, 0.2) is 30.3 Å². The molecule has 128 valence electrons. The molecule has 0 unspecified atom stereocenters. The molecule has 0 aromatic heterocycles. The van der Waals surface area contributed by atoms with E-state index < -0.39 is 18.2 Å². The third-order valence-electron chi connectivity index (χ3n) is 3.88. The first-order chi connectivity index (χ1) is 10.9. The molecule has 1 aromatic carbocycles. The number of benzene rings is 1. The number of urea groups is 1. The van der Waals surface area contributed by atoms with Crippen molar-refractivity contribution in [3.05, 3.63) is 35.9 Å². The van der Waals surface area contributed by atoms with Crippen LogP contribution in [-0.2, 0) is 11.2 Å². The first-order valence-electron chi connectivity index (χ1n) is 7.56. The molecular formula is C16H21F3N2O2. The van der Waals surface area contributed by atoms with Crippen LogP contribution >= 0.6 is 0 Å². The number of hydrogen-bond donors (Lipinski definition) is 1. The highest BCUT2D eigenvalue weighted by molar-refractivity contribution is 5.74. The third kappa shape index (κ3) is 5.42. The van der Waals surface area contributed by atoms with Crippen molar-refractivity contribution in [3.63, 3.8) is 0 Å². The van der Waals surface area contributed by atoms with Crippen molar-refractivity contribution in [2.75, 3.05) is 26.8 Å². The van der Waals surface area contributed by atoms with Gasteiger partial charge in [-0.2, -0.15) is 13.2 Å². The van der Waals surface area contributed by atoms with Gasteiger partial charge in [0.1, 0.15) is 6.04 Å². The Morgan fingerprint density at radius 3 is 2.65 bits per heavy atom. The zero-order chi connectivity index (χ0) is 16.9. The Hall–Kier alpha value is -1.76. The van der Waals surface area contributed by atoms with Crippen LogP contribution in [0.25, 0.3) is 0 Å². The second kappa shape index (κ2) is 7.68. The SMILES string of the molecule is CN(C[C@H]1CCOC1)C(=O)N[C@H](Cc1ccccc1)C(F)(F)F. The van der Waals surface area contributed by atoms with Gasteiger partial charge in [-0.3, -0.25) is 0 Å². The maximum absolute atomic E-state index is 13.2. The van der Waals surface area contributed by atoms with Crippen molar-refractivity contribution in [2.24, 2.45) is 5.92 Å². The second-order valence-electron chi connectivity index (χ2n) is 5.84. The summed E-state index contributed by atoms with van der Waals surface area (Å²) in [5, 5.41) is 2.10. The lowest BCUT2D eigenvalue weighted by Gasteiger charge is -2.26. The molecule has 0 bridgehead atoms. The number of rotatable bonds is 5. The molecule has 1 fully saturated rings. The van der Waals surface area contributed by atoms with Crippen molar-refractivity contribution in [1.82, 2.24) is 10.2 Å². The van der Waals surface area contributed by atoms with E-state index in [1.807, 2.05) is 0 Å². The minimum Gasteiger partial charge on any atom is -0.381 e. The van der Waals surface area contributed by atoms with Gasteiger partial charge in [0.05, 0.1) is 6.61 Å². The van der Waals surface area contributed by atoms with E-state index in [0.717, 1.165) is 6.42 Å². The van der Waals surface area contributed by atoms with E-state index in [4.69, 9.17) is 4.74 Å². The Kier molecular flexibility index (Phi) is 5.87. The number of halogens is 3. The molecule has 1 aliphatic rings. The van der Waals surface area contributed by atoms with E-state index in [2.05, 4.69) is 5.32 Å². The van der Waals surface area contributed by atoms with Crippen LogP contribution in [0, 0.1) is 5.92 Å². The number of hydrogen-bond acceptors (Lipinski definition) is 2. The van der Waals surface area contributed by atoms with Gasteiger partial charge in [-0.15, -0.1) is 0 Å². The molecule has 1 saturated heterocycles. The fraction of sp³-hybridized carbons (Fsp3) is 0.562. The number of carbonyl (C=O) groups excluding carboxylic acids is 1. The number of amides is 2. The molecule has 1 heterocycles. The summed E-state index contributed by atoms with van der Waals surface area (Å²) in [6, 6.07) is 5.71. The first kappa shape index (κ1) is 17.6. The van der Waals surface area contributed by atoms with Crippen LogP contribution in [0.2, 0.25) is 0 Å². The summed E-state index contributed by atoms with van der Waals surface area (Å²) in [5.74, 6) is 0.184. The fourth-order valence-electron chi connectivity index (χ4n) is 2.56. The monoisotopic (exact) mass is 330 g/mol. The van der Waals surface area contributed by atoms with E-state index in [9.17, 15) is 18.0 Å². The Bertz CT molecular complexity index is 502. The summed E-state index contributed by atoms with van der Waals surface area (Å²) in [5.41, 5.74) is 0.530. The van der Waals surface area contributed by atoms with E-state index in [1.54, 1.807) is 30.3 Å². The molecular weight excluding hydrogens is 309 g/mol. The minimum atomic E-state index is -4.50. The van der Waals surface area contributed by atoms with Gasteiger partial charge in [0, 0.05) is 32.5 Å². The smallest absolute Gasteiger partial charge is 0.381 e. The van der Waals surface area contributed by atoms with E-state index in [-0.39, 0.29) is 12.3 Å². The molecule has 1 aliphatic heterocycles. The van der Waals surface area contributed by atoms with Gasteiger partial charge < -0.3 is 15.0 Å². The molecule has 4 nitrogen and oxygen atoms in total. The van der Waals surface area contributed by atoms with Crippen LogP contribution in [0.5, 0.6) is 0 Å². The predicted molar refractivity (Wildman–Crippen MR) is 80.1 cm³/mol. The fourth-order valence-corrected chi connectivity index (χ4v) is 2.56. The van der Waals surface area contributed by atoms with Crippen molar-refractivity contribution >= 4 is 6.03 Å². The summed E-state index contributed by atoms with van der Waals surface area (Å²) in [7, 11) is 1.50. The zero-order valence-electron chi connectivity index (χ0n) is 13.0. The first-order valence-corrected chi connectivity index (χ1v) is 7.56. The summed E-state index contributed by atoms with van der Waals surface area (Å²) < 4.78 is 44.8. The molecule has 1 N–H and O–H groups in total. The normalized spacial score (nSPS) is 19.4. The molecule has 23 heavy (non-hydrogen) atoms. The highest BCUT2D eigenvalue weighted by atomic mass is 19.4. The Morgan fingerprint density at radius 2 is 2.09 bits per heavy atom. The van der Waals surface area contributed by atoms with Crippen LogP contribution in [0.1, 0.15) is 12.0 Å². The molecule has 1 aromatic rings. The molecule has 0 spiro atoms. The van der Waals surface area contributed by atoms with Gasteiger partial charge in [-0.05, 0) is 12.0 Å². The number of carbonyl (C=O) groups is 1. The lowest BCUT2D eigenvalue weighted by atomic mass is 10.1. The van der Waals surface area contributed by atoms with Gasteiger partial charge in [0.25, 0.3) is 0 Å². The van der Waals surface area contributed by atoms with Crippen molar-refractivity contribution in [3.8, 4) is 0 Å². The van der Waals surface area contributed by atoms with Crippen LogP contribution in [0.3, 0.4) is 0 Å². The molecule has 2 atom stereocenters. The molecule has 7 heteroatoms. The quantitative estimate of drug-likeness (QED) is 0.902. The van der Waals surface area contributed by atoms with E-state index in [0.29, 0.717) is 25.3 Å². The average Bonchev–Trinajstić information content (AvgIpc) is 2.99. The highest BCUT2D eigenvalue weighted by Gasteiger charge is 2.41. The topological polar surface area (TPSA) is 41.6 Å². The average molecular weight is 330 g/mol. The summed E-state index contributed by atoms with van der Waals surface area (Å²) in [6.07, 6.45) is -3.95. The number of ether oxygens (including phenoxy) is 1. The summed E-state index contributed by atoms with van der Waals surface area (Å²) >= 11 is 0. The largest absolute Gasteiger partial charge is 0.408 e. The maximum atomic E-state index is 13.2. The van der Waals surface area contributed by atoms with E-state index >= 15 is 0 Å². The van der Waals surface area contributed by atoms with Gasteiger partial charge in [-0.25, -0.2) is 4.79 Å². The van der Waals surface area contributed by atoms with Gasteiger partial charge in [0.2, 0.25) is 0 Å². The van der Waals surface area contributed by atoms with Gasteiger partial charge in [0.15, 0.2) is 0 Å². The van der Waals surface area contributed by atoms with Crippen LogP contribution in [-0.4, -0.2) is 50.0 Å². The number of nitrogens with one attached hydrogen (secondary N) is 1. The van der Waals surface area contributed by atoms with Crippen molar-refractivity contribution in [2.45, 2.75) is 25.1 Å². The molecule has 0 saturated carbocycles. The minimum absolute atomic E-state index is 0.184. The molecule has 2 amide bonds. The molecule has 0 aliphatic carbocycles. The summed E-state index contributed by atoms with van der Waals surface area (Å²) in [6.45, 7) is 1.57. The summed E-state index contributed by atoms with van der Waals surface area (Å²) in [4.78, 5) is 13.3.